The molecule has 0 aliphatic carbocycles. The first-order chi connectivity index (χ1) is 7.45. The lowest BCUT2D eigenvalue weighted by Gasteiger charge is -2.12. The van der Waals surface area contributed by atoms with E-state index < -0.39 is 40.5 Å². The summed E-state index contributed by atoms with van der Waals surface area (Å²) in [5, 5.41) is 8.73. The number of rotatable bonds is 3. The first-order valence-electron chi connectivity index (χ1n) is 3.97. The van der Waals surface area contributed by atoms with Crippen molar-refractivity contribution in [3.8, 4) is 11.5 Å². The zero-order valence-corrected chi connectivity index (χ0v) is 8.31. The van der Waals surface area contributed by atoms with Gasteiger partial charge >= 0.3 is 5.97 Å². The Kier molecular flexibility index (Phi) is 3.26. The molecule has 1 N–H and O–H groups in total. The average Bonchev–Trinajstić information content (AvgIpc) is 2.25. The molecule has 7 heteroatoms. The van der Waals surface area contributed by atoms with E-state index >= 15 is 0 Å². The zero-order valence-electron chi connectivity index (χ0n) is 8.31. The molecule has 0 saturated carbocycles. The number of hydrogen-bond donors (Lipinski definition) is 1. The molecule has 0 aliphatic rings. The number of carboxylic acids is 1. The molecule has 0 unspecified atom stereocenters. The second-order valence-electron chi connectivity index (χ2n) is 2.69. The molecule has 0 aromatic heterocycles. The highest BCUT2D eigenvalue weighted by Gasteiger charge is 2.30. The Morgan fingerprint density at radius 3 is 1.62 bits per heavy atom. The van der Waals surface area contributed by atoms with Gasteiger partial charge in [0.25, 0.3) is 0 Å². The van der Waals surface area contributed by atoms with E-state index in [-0.39, 0.29) is 0 Å². The van der Waals surface area contributed by atoms with Gasteiger partial charge in [-0.2, -0.15) is 8.78 Å². The van der Waals surface area contributed by atoms with Crippen molar-refractivity contribution in [3.63, 3.8) is 0 Å². The van der Waals surface area contributed by atoms with E-state index in [1.807, 2.05) is 0 Å². The topological polar surface area (TPSA) is 55.8 Å². The van der Waals surface area contributed by atoms with Crippen LogP contribution in [-0.4, -0.2) is 25.3 Å². The van der Waals surface area contributed by atoms with Crippen LogP contribution in [0.25, 0.3) is 0 Å². The van der Waals surface area contributed by atoms with E-state index in [0.29, 0.717) is 0 Å². The van der Waals surface area contributed by atoms with E-state index in [9.17, 15) is 18.0 Å². The largest absolute Gasteiger partial charge is 0.493 e. The summed E-state index contributed by atoms with van der Waals surface area (Å²) in [7, 11) is 1.86. The second kappa shape index (κ2) is 4.30. The zero-order chi connectivity index (χ0) is 12.5. The summed E-state index contributed by atoms with van der Waals surface area (Å²) in [6.45, 7) is 0. The number of aromatic carboxylic acids is 1. The molecular formula is C9H7F3O4. The number of hydrogen-bond acceptors (Lipinski definition) is 3. The van der Waals surface area contributed by atoms with Crippen LogP contribution in [0.1, 0.15) is 10.4 Å². The normalized spacial score (nSPS) is 10.1. The van der Waals surface area contributed by atoms with Crippen molar-refractivity contribution in [1.29, 1.82) is 0 Å². The van der Waals surface area contributed by atoms with Gasteiger partial charge in [0, 0.05) is 0 Å². The molecule has 88 valence electrons. The monoisotopic (exact) mass is 236 g/mol. The minimum atomic E-state index is -1.85. The number of carbonyl (C=O) groups is 1. The van der Waals surface area contributed by atoms with Crippen molar-refractivity contribution in [1.82, 2.24) is 0 Å². The van der Waals surface area contributed by atoms with Gasteiger partial charge in [-0.1, -0.05) is 0 Å². The van der Waals surface area contributed by atoms with Crippen LogP contribution in [0.4, 0.5) is 13.2 Å². The molecule has 1 aromatic carbocycles. The maximum absolute atomic E-state index is 13.1. The third-order valence-corrected chi connectivity index (χ3v) is 1.86. The standard InChI is InChI=1S/C9H7F3O4/c1-15-7-3(9(13)14)8(16-2)6(12)4(10)5(7)11/h1-2H3,(H,13,14). The third-order valence-electron chi connectivity index (χ3n) is 1.86. The molecule has 0 aliphatic heterocycles. The molecule has 0 atom stereocenters. The van der Waals surface area contributed by atoms with E-state index in [4.69, 9.17) is 5.11 Å². The van der Waals surface area contributed by atoms with Gasteiger partial charge in [-0.3, -0.25) is 0 Å². The number of methoxy groups -OCH3 is 2. The molecule has 0 heterocycles. The predicted octanol–water partition coefficient (Wildman–Crippen LogP) is 1.82. The van der Waals surface area contributed by atoms with E-state index in [0.717, 1.165) is 14.2 Å². The quantitative estimate of drug-likeness (QED) is 0.813. The summed E-state index contributed by atoms with van der Waals surface area (Å²) in [6.07, 6.45) is 0. The molecule has 0 bridgehead atoms. The van der Waals surface area contributed by atoms with Crippen molar-refractivity contribution in [2.24, 2.45) is 0 Å². The molecule has 0 spiro atoms. The Bertz CT molecular complexity index is 414. The number of ether oxygens (including phenoxy) is 2. The summed E-state index contributed by atoms with van der Waals surface area (Å²) in [5.41, 5.74) is -0.901. The molecule has 0 fully saturated rings. The van der Waals surface area contributed by atoms with Gasteiger partial charge in [-0.25, -0.2) is 9.18 Å². The number of benzene rings is 1. The fraction of sp³-hybridized carbons (Fsp3) is 0.222. The van der Waals surface area contributed by atoms with Crippen LogP contribution >= 0.6 is 0 Å². The van der Waals surface area contributed by atoms with Gasteiger partial charge < -0.3 is 14.6 Å². The van der Waals surface area contributed by atoms with Gasteiger partial charge in [-0.05, 0) is 0 Å². The van der Waals surface area contributed by atoms with Crippen LogP contribution in [0, 0.1) is 17.5 Å². The third kappa shape index (κ3) is 1.64. The molecule has 0 saturated heterocycles. The highest BCUT2D eigenvalue weighted by molar-refractivity contribution is 5.94. The Labute approximate surface area is 88.2 Å². The maximum Gasteiger partial charge on any atom is 0.343 e. The minimum Gasteiger partial charge on any atom is -0.493 e. The SMILES string of the molecule is COc1c(F)c(F)c(F)c(OC)c1C(=O)O. The maximum atomic E-state index is 13.1. The van der Waals surface area contributed by atoms with Crippen molar-refractivity contribution < 1.29 is 32.5 Å². The number of halogens is 3. The Morgan fingerprint density at radius 2 is 1.38 bits per heavy atom. The van der Waals surface area contributed by atoms with Crippen LogP contribution < -0.4 is 9.47 Å². The fourth-order valence-electron chi connectivity index (χ4n) is 1.20. The molecule has 1 aromatic rings. The summed E-state index contributed by atoms with van der Waals surface area (Å²) in [4.78, 5) is 10.8. The molecule has 0 radical (unpaired) electrons. The van der Waals surface area contributed by atoms with Gasteiger partial charge in [0.1, 0.15) is 5.56 Å². The lowest BCUT2D eigenvalue weighted by Crippen LogP contribution is -2.10. The van der Waals surface area contributed by atoms with Crippen LogP contribution in [0.2, 0.25) is 0 Å². The summed E-state index contributed by atoms with van der Waals surface area (Å²) < 4.78 is 48.0. The van der Waals surface area contributed by atoms with Crippen molar-refractivity contribution in [3.05, 3.63) is 23.0 Å². The molecular weight excluding hydrogens is 229 g/mol. The smallest absolute Gasteiger partial charge is 0.343 e. The van der Waals surface area contributed by atoms with E-state index in [2.05, 4.69) is 9.47 Å². The van der Waals surface area contributed by atoms with Gasteiger partial charge in [-0.15, -0.1) is 0 Å². The van der Waals surface area contributed by atoms with Crippen LogP contribution in [0.5, 0.6) is 11.5 Å². The van der Waals surface area contributed by atoms with Crippen LogP contribution in [0.3, 0.4) is 0 Å². The molecule has 16 heavy (non-hydrogen) atoms. The highest BCUT2D eigenvalue weighted by atomic mass is 19.2. The van der Waals surface area contributed by atoms with E-state index in [1.165, 1.54) is 0 Å². The van der Waals surface area contributed by atoms with Crippen molar-refractivity contribution in [2.75, 3.05) is 14.2 Å². The second-order valence-corrected chi connectivity index (χ2v) is 2.69. The molecule has 4 nitrogen and oxygen atoms in total. The summed E-state index contributed by atoms with van der Waals surface area (Å²) in [5.74, 6) is -8.78. The van der Waals surface area contributed by atoms with Crippen LogP contribution in [0.15, 0.2) is 0 Å². The first-order valence-corrected chi connectivity index (χ1v) is 3.97. The van der Waals surface area contributed by atoms with Crippen LogP contribution in [-0.2, 0) is 0 Å². The van der Waals surface area contributed by atoms with E-state index in [1.54, 1.807) is 0 Å². The minimum absolute atomic E-state index is 0.901. The van der Waals surface area contributed by atoms with Crippen molar-refractivity contribution in [2.45, 2.75) is 0 Å². The first kappa shape index (κ1) is 12.2. The summed E-state index contributed by atoms with van der Waals surface area (Å²) in [6, 6.07) is 0. The Hall–Kier alpha value is -1.92. The average molecular weight is 236 g/mol. The lowest BCUT2D eigenvalue weighted by atomic mass is 10.1. The number of carboxylic acid groups (broad SMARTS) is 1. The van der Waals surface area contributed by atoms with Gasteiger partial charge in [0.2, 0.25) is 17.5 Å². The molecule has 0 amide bonds. The summed E-state index contributed by atoms with van der Waals surface area (Å²) >= 11 is 0. The van der Waals surface area contributed by atoms with Gasteiger partial charge in [0.05, 0.1) is 14.2 Å². The van der Waals surface area contributed by atoms with Gasteiger partial charge in [0.15, 0.2) is 11.5 Å². The predicted molar refractivity (Wildman–Crippen MR) is 46.4 cm³/mol. The lowest BCUT2D eigenvalue weighted by molar-refractivity contribution is 0.0686. The Morgan fingerprint density at radius 1 is 1.00 bits per heavy atom. The van der Waals surface area contributed by atoms with Crippen molar-refractivity contribution >= 4 is 5.97 Å². The fourth-order valence-corrected chi connectivity index (χ4v) is 1.20. The Balaban J connectivity index is 3.73. The highest BCUT2D eigenvalue weighted by Crippen LogP contribution is 2.36. The molecule has 1 rings (SSSR count).